The quantitative estimate of drug-likeness (QED) is 0.797. The number of nitrogens with zero attached hydrogens (tertiary/aromatic N) is 2. The molecule has 1 fully saturated rings. The molecule has 4 rings (SSSR count). The Balaban J connectivity index is 1.73. The molecule has 0 N–H and O–H groups in total. The first-order valence-electron chi connectivity index (χ1n) is 7.30. The number of aliphatic imine (C=N–C) groups is 1. The summed E-state index contributed by atoms with van der Waals surface area (Å²) in [5.74, 6) is -1.12. The van der Waals surface area contributed by atoms with Crippen LogP contribution in [0.2, 0.25) is 0 Å². The Morgan fingerprint density at radius 2 is 1.50 bits per heavy atom. The number of imide groups is 1. The molecule has 2 atom stereocenters. The highest BCUT2D eigenvalue weighted by molar-refractivity contribution is 6.31. The first-order valence-corrected chi connectivity index (χ1v) is 7.30. The van der Waals surface area contributed by atoms with E-state index in [2.05, 4.69) is 4.99 Å². The van der Waals surface area contributed by atoms with E-state index in [0.29, 0.717) is 12.2 Å². The van der Waals surface area contributed by atoms with Crippen LogP contribution >= 0.6 is 0 Å². The van der Waals surface area contributed by atoms with Gasteiger partial charge in [0.25, 0.3) is 0 Å². The number of anilines is 1. The third-order valence-corrected chi connectivity index (χ3v) is 4.26. The lowest BCUT2D eigenvalue weighted by molar-refractivity contribution is -0.122. The average Bonchev–Trinajstić information content (AvgIpc) is 3.10. The van der Waals surface area contributed by atoms with Crippen molar-refractivity contribution in [2.45, 2.75) is 0 Å². The number of rotatable bonds is 2. The summed E-state index contributed by atoms with van der Waals surface area (Å²) >= 11 is 0. The van der Waals surface area contributed by atoms with Gasteiger partial charge >= 0.3 is 0 Å². The van der Waals surface area contributed by atoms with Gasteiger partial charge in [0.05, 0.1) is 29.8 Å². The predicted molar refractivity (Wildman–Crippen MR) is 83.8 cm³/mol. The van der Waals surface area contributed by atoms with Crippen LogP contribution in [-0.2, 0) is 9.59 Å². The lowest BCUT2D eigenvalue weighted by atomic mass is 9.90. The number of carbonyl (C=O) groups excluding carboxylic acids is 2. The lowest BCUT2D eigenvalue weighted by Gasteiger charge is -2.15. The smallest absolute Gasteiger partial charge is 0.243 e. The van der Waals surface area contributed by atoms with Gasteiger partial charge in [-0.1, -0.05) is 48.5 Å². The number of fused-ring (bicyclic) bond motifs is 1. The third kappa shape index (κ3) is 1.80. The van der Waals surface area contributed by atoms with Crippen molar-refractivity contribution in [3.63, 3.8) is 0 Å². The minimum absolute atomic E-state index is 0.143. The third-order valence-electron chi connectivity index (χ3n) is 4.26. The fourth-order valence-corrected chi connectivity index (χ4v) is 3.23. The molecule has 0 saturated carbocycles. The normalized spacial score (nSPS) is 23.6. The largest absolute Gasteiger partial charge is 0.287 e. The first-order chi connectivity index (χ1) is 10.8. The van der Waals surface area contributed by atoms with Gasteiger partial charge in [-0.3, -0.25) is 14.6 Å². The van der Waals surface area contributed by atoms with E-state index in [0.717, 1.165) is 11.3 Å². The van der Waals surface area contributed by atoms with Crippen molar-refractivity contribution in [1.29, 1.82) is 0 Å². The van der Waals surface area contributed by atoms with E-state index >= 15 is 0 Å². The van der Waals surface area contributed by atoms with Crippen molar-refractivity contribution in [2.75, 3.05) is 11.4 Å². The van der Waals surface area contributed by atoms with Gasteiger partial charge in [0.1, 0.15) is 0 Å². The monoisotopic (exact) mass is 290 g/mol. The summed E-state index contributed by atoms with van der Waals surface area (Å²) in [5.41, 5.74) is 2.30. The number of benzene rings is 2. The van der Waals surface area contributed by atoms with Crippen LogP contribution in [-0.4, -0.2) is 24.1 Å². The predicted octanol–water partition coefficient (Wildman–Crippen LogP) is 2.30. The molecule has 0 bridgehead atoms. The Hall–Kier alpha value is -2.75. The minimum Gasteiger partial charge on any atom is -0.287 e. The second-order valence-electron chi connectivity index (χ2n) is 5.52. The van der Waals surface area contributed by atoms with Crippen LogP contribution in [0.1, 0.15) is 5.56 Å². The SMILES string of the molecule is O=C1C2CN=C(c3ccccc3)C2C(=O)N1c1ccccc1. The van der Waals surface area contributed by atoms with Gasteiger partial charge in [0.2, 0.25) is 11.8 Å². The van der Waals surface area contributed by atoms with Crippen LogP contribution in [0.5, 0.6) is 0 Å². The Labute approximate surface area is 128 Å². The van der Waals surface area contributed by atoms with E-state index in [1.54, 1.807) is 12.1 Å². The number of amides is 2. The Bertz CT molecular complexity index is 768. The molecule has 4 heteroatoms. The van der Waals surface area contributed by atoms with Gasteiger partial charge in [-0.2, -0.15) is 0 Å². The second kappa shape index (κ2) is 4.91. The molecule has 4 nitrogen and oxygen atoms in total. The average molecular weight is 290 g/mol. The van der Waals surface area contributed by atoms with Crippen LogP contribution in [0.4, 0.5) is 5.69 Å². The molecule has 0 radical (unpaired) electrons. The van der Waals surface area contributed by atoms with Gasteiger partial charge < -0.3 is 0 Å². The molecule has 2 aliphatic heterocycles. The summed E-state index contributed by atoms with van der Waals surface area (Å²) in [4.78, 5) is 31.2. The zero-order valence-electron chi connectivity index (χ0n) is 11.8. The first kappa shape index (κ1) is 13.0. The highest BCUT2D eigenvalue weighted by Gasteiger charge is 2.53. The Kier molecular flexibility index (Phi) is 2.89. The van der Waals surface area contributed by atoms with Crippen molar-refractivity contribution in [3.05, 3.63) is 66.2 Å². The maximum absolute atomic E-state index is 12.8. The molecule has 22 heavy (non-hydrogen) atoms. The maximum Gasteiger partial charge on any atom is 0.243 e. The summed E-state index contributed by atoms with van der Waals surface area (Å²) in [6, 6.07) is 18.7. The summed E-state index contributed by atoms with van der Waals surface area (Å²) in [5, 5.41) is 0. The molecular formula is C18H14N2O2. The molecule has 2 aliphatic rings. The topological polar surface area (TPSA) is 49.7 Å². The van der Waals surface area contributed by atoms with E-state index < -0.39 is 5.92 Å². The lowest BCUT2D eigenvalue weighted by Crippen LogP contribution is -2.32. The molecule has 2 heterocycles. The zero-order valence-corrected chi connectivity index (χ0v) is 11.8. The summed E-state index contributed by atoms with van der Waals surface area (Å²) in [6.45, 7) is 0.392. The van der Waals surface area contributed by atoms with E-state index in [1.165, 1.54) is 4.90 Å². The number of hydrogen-bond donors (Lipinski definition) is 0. The zero-order chi connectivity index (χ0) is 15.1. The van der Waals surface area contributed by atoms with Gasteiger partial charge in [0.15, 0.2) is 0 Å². The van der Waals surface area contributed by atoms with E-state index in [1.807, 2.05) is 48.5 Å². The van der Waals surface area contributed by atoms with Crippen LogP contribution in [0, 0.1) is 11.8 Å². The van der Waals surface area contributed by atoms with Crippen molar-refractivity contribution in [1.82, 2.24) is 0 Å². The van der Waals surface area contributed by atoms with Crippen molar-refractivity contribution in [2.24, 2.45) is 16.8 Å². The Morgan fingerprint density at radius 3 is 2.18 bits per heavy atom. The number of hydrogen-bond acceptors (Lipinski definition) is 3. The van der Waals surface area contributed by atoms with Gasteiger partial charge in [-0.15, -0.1) is 0 Å². The van der Waals surface area contributed by atoms with Gasteiger partial charge in [0, 0.05) is 0 Å². The van der Waals surface area contributed by atoms with E-state index in [-0.39, 0.29) is 17.7 Å². The van der Waals surface area contributed by atoms with Gasteiger partial charge in [-0.05, 0) is 17.7 Å². The van der Waals surface area contributed by atoms with E-state index in [9.17, 15) is 9.59 Å². The maximum atomic E-state index is 12.8. The fraction of sp³-hybridized carbons (Fsp3) is 0.167. The molecule has 2 aromatic carbocycles. The molecule has 0 aromatic heterocycles. The van der Waals surface area contributed by atoms with Crippen LogP contribution < -0.4 is 4.90 Å². The van der Waals surface area contributed by atoms with Gasteiger partial charge in [-0.25, -0.2) is 4.90 Å². The second-order valence-corrected chi connectivity index (χ2v) is 5.52. The molecule has 1 saturated heterocycles. The van der Waals surface area contributed by atoms with Crippen molar-refractivity contribution >= 4 is 23.2 Å². The van der Waals surface area contributed by atoms with Crippen LogP contribution in [0.3, 0.4) is 0 Å². The molecule has 0 spiro atoms. The number of carbonyl (C=O) groups is 2. The number of para-hydroxylation sites is 1. The standard InChI is InChI=1S/C18H14N2O2/c21-17-14-11-19-16(12-7-3-1-4-8-12)15(14)18(22)20(17)13-9-5-2-6-10-13/h1-10,14-15H,11H2. The van der Waals surface area contributed by atoms with Crippen LogP contribution in [0.15, 0.2) is 65.7 Å². The Morgan fingerprint density at radius 1 is 0.864 bits per heavy atom. The van der Waals surface area contributed by atoms with Crippen molar-refractivity contribution in [3.8, 4) is 0 Å². The molecule has 0 aliphatic carbocycles. The van der Waals surface area contributed by atoms with E-state index in [4.69, 9.17) is 0 Å². The highest BCUT2D eigenvalue weighted by atomic mass is 16.2. The van der Waals surface area contributed by atoms with Crippen molar-refractivity contribution < 1.29 is 9.59 Å². The van der Waals surface area contributed by atoms with Crippen LogP contribution in [0.25, 0.3) is 0 Å². The fourth-order valence-electron chi connectivity index (χ4n) is 3.23. The molecular weight excluding hydrogens is 276 g/mol. The summed E-state index contributed by atoms with van der Waals surface area (Å²) in [6.07, 6.45) is 0. The summed E-state index contributed by atoms with van der Waals surface area (Å²) in [7, 11) is 0. The minimum atomic E-state index is -0.449. The highest BCUT2D eigenvalue weighted by Crippen LogP contribution is 2.37. The molecule has 108 valence electrons. The molecule has 2 unspecified atom stereocenters. The molecule has 2 aromatic rings. The molecule has 2 amide bonds. The summed E-state index contributed by atoms with van der Waals surface area (Å²) < 4.78 is 0.